The van der Waals surface area contributed by atoms with Crippen molar-refractivity contribution < 1.29 is 0 Å². The van der Waals surface area contributed by atoms with Crippen molar-refractivity contribution >= 4 is 0 Å². The van der Waals surface area contributed by atoms with E-state index in [1.165, 1.54) is 31.2 Å². The normalized spacial score (nSPS) is 25.7. The number of aryl methyl sites for hydroxylation is 1. The van der Waals surface area contributed by atoms with E-state index in [4.69, 9.17) is 5.73 Å². The molecule has 1 aliphatic heterocycles. The van der Waals surface area contributed by atoms with Gasteiger partial charge in [0, 0.05) is 30.9 Å². The summed E-state index contributed by atoms with van der Waals surface area (Å²) in [5.74, 6) is 0. The molecule has 0 amide bonds. The van der Waals surface area contributed by atoms with E-state index in [2.05, 4.69) is 30.0 Å². The van der Waals surface area contributed by atoms with Crippen LogP contribution in [0.4, 0.5) is 0 Å². The van der Waals surface area contributed by atoms with Crippen LogP contribution in [0, 0.1) is 0 Å². The topological polar surface area (TPSA) is 47.1 Å². The van der Waals surface area contributed by atoms with Crippen LogP contribution in [0.25, 0.3) is 0 Å². The molecule has 18 heavy (non-hydrogen) atoms. The molecule has 102 valence electrons. The fraction of sp³-hybridized carbons (Fsp3) is 0.786. The molecule has 3 atom stereocenters. The average Bonchev–Trinajstić information content (AvgIpc) is 2.61. The van der Waals surface area contributed by atoms with Crippen LogP contribution in [0.15, 0.2) is 12.4 Å². The van der Waals surface area contributed by atoms with E-state index in [1.807, 2.05) is 17.9 Å². The standard InChI is InChI=1S/C14H26N4/c1-11-7-5-4-6-8-18(11)14(12(2)15)13-9-16-17(3)10-13/h9-12,14H,4-8,15H2,1-3H3. The summed E-state index contributed by atoms with van der Waals surface area (Å²) in [5.41, 5.74) is 7.49. The zero-order chi connectivity index (χ0) is 13.1. The highest BCUT2D eigenvalue weighted by atomic mass is 15.3. The van der Waals surface area contributed by atoms with Crippen LogP contribution < -0.4 is 5.73 Å². The number of aromatic nitrogens is 2. The molecule has 2 rings (SSSR count). The first-order valence-corrected chi connectivity index (χ1v) is 7.09. The molecule has 1 aromatic heterocycles. The fourth-order valence-corrected chi connectivity index (χ4v) is 3.10. The van der Waals surface area contributed by atoms with Crippen LogP contribution in [0.3, 0.4) is 0 Å². The predicted molar refractivity (Wildman–Crippen MR) is 74.2 cm³/mol. The average molecular weight is 250 g/mol. The van der Waals surface area contributed by atoms with Crippen LogP contribution in [-0.2, 0) is 7.05 Å². The van der Waals surface area contributed by atoms with Gasteiger partial charge < -0.3 is 5.73 Å². The van der Waals surface area contributed by atoms with Gasteiger partial charge in [0.1, 0.15) is 0 Å². The van der Waals surface area contributed by atoms with E-state index in [0.29, 0.717) is 12.1 Å². The maximum atomic E-state index is 6.24. The van der Waals surface area contributed by atoms with Crippen LogP contribution in [0.1, 0.15) is 51.1 Å². The Bertz CT molecular complexity index is 372. The Morgan fingerprint density at radius 2 is 2.17 bits per heavy atom. The number of rotatable bonds is 3. The lowest BCUT2D eigenvalue weighted by Gasteiger charge is -2.37. The Morgan fingerprint density at radius 3 is 2.78 bits per heavy atom. The molecule has 1 aromatic rings. The van der Waals surface area contributed by atoms with Gasteiger partial charge in [0.2, 0.25) is 0 Å². The summed E-state index contributed by atoms with van der Waals surface area (Å²) in [7, 11) is 1.97. The lowest BCUT2D eigenvalue weighted by atomic mass is 10.00. The molecule has 0 aromatic carbocycles. The Morgan fingerprint density at radius 1 is 1.39 bits per heavy atom. The predicted octanol–water partition coefficient (Wildman–Crippen LogP) is 2.07. The molecule has 1 saturated heterocycles. The smallest absolute Gasteiger partial charge is 0.0538 e. The van der Waals surface area contributed by atoms with Crippen molar-refractivity contribution in [2.75, 3.05) is 6.54 Å². The van der Waals surface area contributed by atoms with E-state index < -0.39 is 0 Å². The SMILES string of the molecule is CC(N)C(c1cnn(C)c1)N1CCCCCC1C. The van der Waals surface area contributed by atoms with Crippen molar-refractivity contribution in [1.82, 2.24) is 14.7 Å². The second-order valence-electron chi connectivity index (χ2n) is 5.69. The van der Waals surface area contributed by atoms with Crippen molar-refractivity contribution in [1.29, 1.82) is 0 Å². The maximum Gasteiger partial charge on any atom is 0.0538 e. The van der Waals surface area contributed by atoms with Crippen molar-refractivity contribution in [3.63, 3.8) is 0 Å². The lowest BCUT2D eigenvalue weighted by Crippen LogP contribution is -2.43. The largest absolute Gasteiger partial charge is 0.326 e. The van der Waals surface area contributed by atoms with Gasteiger partial charge in [0.15, 0.2) is 0 Å². The molecular formula is C14H26N4. The second-order valence-corrected chi connectivity index (χ2v) is 5.69. The minimum Gasteiger partial charge on any atom is -0.326 e. The molecule has 0 spiro atoms. The molecule has 1 fully saturated rings. The Kier molecular flexibility index (Phi) is 4.40. The first kappa shape index (κ1) is 13.6. The van der Waals surface area contributed by atoms with Gasteiger partial charge in [-0.25, -0.2) is 0 Å². The monoisotopic (exact) mass is 250 g/mol. The number of hydrogen-bond donors (Lipinski definition) is 1. The molecule has 4 nitrogen and oxygen atoms in total. The Labute approximate surface area is 110 Å². The summed E-state index contributed by atoms with van der Waals surface area (Å²) < 4.78 is 1.87. The minimum atomic E-state index is 0.134. The molecule has 2 N–H and O–H groups in total. The fourth-order valence-electron chi connectivity index (χ4n) is 3.10. The molecule has 0 saturated carbocycles. The molecule has 4 heteroatoms. The summed E-state index contributed by atoms with van der Waals surface area (Å²) in [6.07, 6.45) is 9.32. The highest BCUT2D eigenvalue weighted by Gasteiger charge is 2.29. The minimum absolute atomic E-state index is 0.134. The van der Waals surface area contributed by atoms with Crippen molar-refractivity contribution in [3.05, 3.63) is 18.0 Å². The van der Waals surface area contributed by atoms with Gasteiger partial charge in [-0.1, -0.05) is 12.8 Å². The van der Waals surface area contributed by atoms with E-state index >= 15 is 0 Å². The summed E-state index contributed by atoms with van der Waals surface area (Å²) >= 11 is 0. The lowest BCUT2D eigenvalue weighted by molar-refractivity contribution is 0.130. The van der Waals surface area contributed by atoms with Crippen LogP contribution in [0.5, 0.6) is 0 Å². The third-order valence-electron chi connectivity index (χ3n) is 4.03. The third-order valence-corrected chi connectivity index (χ3v) is 4.03. The molecule has 2 heterocycles. The van der Waals surface area contributed by atoms with Crippen molar-refractivity contribution in [3.8, 4) is 0 Å². The first-order valence-electron chi connectivity index (χ1n) is 7.09. The van der Waals surface area contributed by atoms with E-state index in [9.17, 15) is 0 Å². The highest BCUT2D eigenvalue weighted by molar-refractivity contribution is 5.13. The van der Waals surface area contributed by atoms with Gasteiger partial charge in [-0.15, -0.1) is 0 Å². The first-order chi connectivity index (χ1) is 8.59. The van der Waals surface area contributed by atoms with Gasteiger partial charge in [0.05, 0.1) is 12.2 Å². The Balaban J connectivity index is 2.23. The van der Waals surface area contributed by atoms with Crippen molar-refractivity contribution in [2.45, 2.75) is 57.7 Å². The maximum absolute atomic E-state index is 6.24. The number of nitrogens with two attached hydrogens (primary N) is 1. The number of nitrogens with zero attached hydrogens (tertiary/aromatic N) is 3. The zero-order valence-corrected chi connectivity index (χ0v) is 11.8. The molecule has 1 aliphatic rings. The van der Waals surface area contributed by atoms with E-state index in [1.54, 1.807) is 0 Å². The van der Waals surface area contributed by atoms with Crippen molar-refractivity contribution in [2.24, 2.45) is 12.8 Å². The molecule has 3 unspecified atom stereocenters. The Hall–Kier alpha value is -0.870. The van der Waals surface area contributed by atoms with Gasteiger partial charge in [-0.2, -0.15) is 5.10 Å². The quantitative estimate of drug-likeness (QED) is 0.893. The van der Waals surface area contributed by atoms with E-state index in [0.717, 1.165) is 6.54 Å². The summed E-state index contributed by atoms with van der Waals surface area (Å²) in [4.78, 5) is 2.58. The van der Waals surface area contributed by atoms with E-state index in [-0.39, 0.29) is 6.04 Å². The van der Waals surface area contributed by atoms with Gasteiger partial charge in [-0.3, -0.25) is 9.58 Å². The van der Waals surface area contributed by atoms with Crippen LogP contribution >= 0.6 is 0 Å². The zero-order valence-electron chi connectivity index (χ0n) is 11.8. The van der Waals surface area contributed by atoms with Crippen LogP contribution in [0.2, 0.25) is 0 Å². The van der Waals surface area contributed by atoms with Gasteiger partial charge in [0.25, 0.3) is 0 Å². The van der Waals surface area contributed by atoms with Gasteiger partial charge >= 0.3 is 0 Å². The molecule has 0 bridgehead atoms. The number of likely N-dealkylation sites (tertiary alicyclic amines) is 1. The summed E-state index contributed by atoms with van der Waals surface area (Å²) in [5, 5.41) is 4.30. The van der Waals surface area contributed by atoms with Crippen LogP contribution in [-0.4, -0.2) is 33.3 Å². The van der Waals surface area contributed by atoms with Gasteiger partial charge in [-0.05, 0) is 33.2 Å². The molecular weight excluding hydrogens is 224 g/mol. The number of hydrogen-bond acceptors (Lipinski definition) is 3. The summed E-state index contributed by atoms with van der Waals surface area (Å²) in [6.45, 7) is 5.59. The highest BCUT2D eigenvalue weighted by Crippen LogP contribution is 2.29. The summed E-state index contributed by atoms with van der Waals surface area (Å²) in [6, 6.07) is 1.05. The third kappa shape index (κ3) is 2.93. The second kappa shape index (κ2) is 5.85. The molecule has 0 radical (unpaired) electrons. The molecule has 0 aliphatic carbocycles.